The quantitative estimate of drug-likeness (QED) is 0.199. The molecule has 0 heterocycles. The fourth-order valence-corrected chi connectivity index (χ4v) is 6.57. The van der Waals surface area contributed by atoms with Crippen LogP contribution in [0.2, 0.25) is 5.02 Å². The van der Waals surface area contributed by atoms with Gasteiger partial charge in [0, 0.05) is 36.2 Å². The van der Waals surface area contributed by atoms with Crippen molar-refractivity contribution in [1.29, 1.82) is 0 Å². The van der Waals surface area contributed by atoms with Crippen molar-refractivity contribution in [2.24, 2.45) is 0 Å². The van der Waals surface area contributed by atoms with E-state index in [0.29, 0.717) is 10.6 Å². The Kier molecular flexibility index (Phi) is 11.4. The first-order chi connectivity index (χ1) is 21.5. The number of methoxy groups -OCH3 is 1. The molecule has 240 valence electrons. The number of nitro groups is 1. The maximum absolute atomic E-state index is 14.3. The fourth-order valence-electron chi connectivity index (χ4n) is 5.51. The predicted octanol–water partition coefficient (Wildman–Crippen LogP) is 5.11. The molecule has 0 aliphatic heterocycles. The van der Waals surface area contributed by atoms with Gasteiger partial charge in [-0.15, -0.1) is 0 Å². The molecule has 4 rings (SSSR count). The Hall–Kier alpha value is -4.16. The monoisotopic (exact) mass is 656 g/mol. The van der Waals surface area contributed by atoms with Crippen LogP contribution in [0.5, 0.6) is 5.75 Å². The van der Waals surface area contributed by atoms with E-state index in [2.05, 4.69) is 5.32 Å². The number of halogens is 1. The summed E-state index contributed by atoms with van der Waals surface area (Å²) in [6.07, 6.45) is 5.83. The lowest BCUT2D eigenvalue weighted by molar-refractivity contribution is -0.384. The Morgan fingerprint density at radius 2 is 1.71 bits per heavy atom. The molecule has 0 spiro atoms. The van der Waals surface area contributed by atoms with Crippen molar-refractivity contribution >= 4 is 44.8 Å². The molecule has 3 aromatic rings. The van der Waals surface area contributed by atoms with Gasteiger partial charge >= 0.3 is 0 Å². The molecule has 0 bridgehead atoms. The first-order valence-electron chi connectivity index (χ1n) is 14.6. The Bertz CT molecular complexity index is 1610. The van der Waals surface area contributed by atoms with Gasteiger partial charge in [0.2, 0.25) is 21.8 Å². The van der Waals surface area contributed by atoms with Crippen LogP contribution < -0.4 is 14.4 Å². The number of carbonyl (C=O) groups is 2. The Morgan fingerprint density at radius 3 is 2.33 bits per heavy atom. The molecule has 1 saturated carbocycles. The number of carbonyl (C=O) groups excluding carboxylic acids is 2. The molecule has 11 nitrogen and oxygen atoms in total. The highest BCUT2D eigenvalue weighted by atomic mass is 35.5. The van der Waals surface area contributed by atoms with Gasteiger partial charge in [-0.2, -0.15) is 0 Å². The third-order valence-electron chi connectivity index (χ3n) is 7.79. The molecule has 0 radical (unpaired) electrons. The minimum atomic E-state index is -4.17. The maximum atomic E-state index is 14.3. The Labute approximate surface area is 268 Å². The zero-order chi connectivity index (χ0) is 32.6. The summed E-state index contributed by atoms with van der Waals surface area (Å²) < 4.78 is 32.4. The summed E-state index contributed by atoms with van der Waals surface area (Å²) in [5, 5.41) is 15.1. The minimum absolute atomic E-state index is 0.0242. The second-order valence-electron chi connectivity index (χ2n) is 11.1. The number of nitrogens with zero attached hydrogens (tertiary/aromatic N) is 3. The number of nitrogens with one attached hydrogen (secondary N) is 1. The van der Waals surface area contributed by atoms with Crippen molar-refractivity contribution in [3.8, 4) is 5.75 Å². The highest BCUT2D eigenvalue weighted by molar-refractivity contribution is 7.92. The molecule has 1 aliphatic carbocycles. The molecule has 2 amide bonds. The van der Waals surface area contributed by atoms with Crippen molar-refractivity contribution in [1.82, 2.24) is 10.2 Å². The molecule has 1 atom stereocenters. The van der Waals surface area contributed by atoms with E-state index in [1.807, 2.05) is 30.3 Å². The van der Waals surface area contributed by atoms with E-state index < -0.39 is 33.4 Å². The topological polar surface area (TPSA) is 139 Å². The summed E-state index contributed by atoms with van der Waals surface area (Å²) in [5.41, 5.74) is 0.900. The van der Waals surface area contributed by atoms with Gasteiger partial charge in [0.05, 0.1) is 18.3 Å². The van der Waals surface area contributed by atoms with Crippen LogP contribution >= 0.6 is 11.6 Å². The van der Waals surface area contributed by atoms with Crippen molar-refractivity contribution in [2.75, 3.05) is 24.2 Å². The average molecular weight is 657 g/mol. The summed E-state index contributed by atoms with van der Waals surface area (Å²) in [7, 11) is -2.87. The van der Waals surface area contributed by atoms with Crippen LogP contribution in [0, 0.1) is 10.1 Å². The molecule has 45 heavy (non-hydrogen) atoms. The molecule has 0 unspecified atom stereocenters. The number of rotatable bonds is 13. The number of hydrogen-bond donors (Lipinski definition) is 1. The van der Waals surface area contributed by atoms with E-state index in [0.717, 1.165) is 54.3 Å². The number of benzene rings is 3. The largest absolute Gasteiger partial charge is 0.495 e. The number of hydrogen-bond acceptors (Lipinski definition) is 7. The smallest absolute Gasteiger partial charge is 0.271 e. The Morgan fingerprint density at radius 1 is 1.02 bits per heavy atom. The summed E-state index contributed by atoms with van der Waals surface area (Å²) in [4.78, 5) is 40.6. The van der Waals surface area contributed by atoms with Crippen LogP contribution in [0.25, 0.3) is 0 Å². The van der Waals surface area contributed by atoms with Gasteiger partial charge in [-0.25, -0.2) is 8.42 Å². The molecular weight excluding hydrogens is 620 g/mol. The number of nitro benzene ring substituents is 1. The van der Waals surface area contributed by atoms with Crippen molar-refractivity contribution in [3.63, 3.8) is 0 Å². The molecule has 0 saturated heterocycles. The third kappa shape index (κ3) is 9.18. The number of ether oxygens (including phenoxy) is 1. The van der Waals surface area contributed by atoms with Gasteiger partial charge in [0.1, 0.15) is 24.0 Å². The van der Waals surface area contributed by atoms with E-state index in [9.17, 15) is 28.1 Å². The first-order valence-corrected chi connectivity index (χ1v) is 16.9. The zero-order valence-electron chi connectivity index (χ0n) is 25.2. The maximum Gasteiger partial charge on any atom is 0.271 e. The second-order valence-corrected chi connectivity index (χ2v) is 13.4. The van der Waals surface area contributed by atoms with Gasteiger partial charge in [-0.3, -0.25) is 24.0 Å². The molecule has 13 heteroatoms. The van der Waals surface area contributed by atoms with Crippen LogP contribution in [0.4, 0.5) is 11.4 Å². The van der Waals surface area contributed by atoms with Crippen molar-refractivity contribution < 1.29 is 27.7 Å². The van der Waals surface area contributed by atoms with Gasteiger partial charge in [0.15, 0.2) is 0 Å². The van der Waals surface area contributed by atoms with E-state index in [1.165, 1.54) is 24.1 Å². The number of sulfonamides is 1. The fraction of sp³-hybridized carbons (Fsp3) is 0.375. The molecule has 1 N–H and O–H groups in total. The van der Waals surface area contributed by atoms with Gasteiger partial charge in [0.25, 0.3) is 5.69 Å². The number of non-ortho nitro benzene ring substituents is 1. The van der Waals surface area contributed by atoms with E-state index in [4.69, 9.17) is 16.3 Å². The van der Waals surface area contributed by atoms with E-state index in [1.54, 1.807) is 24.3 Å². The third-order valence-corrected chi connectivity index (χ3v) is 9.15. The second kappa shape index (κ2) is 15.2. The minimum Gasteiger partial charge on any atom is -0.495 e. The lowest BCUT2D eigenvalue weighted by atomic mass is 9.94. The lowest BCUT2D eigenvalue weighted by Gasteiger charge is -2.35. The number of amides is 2. The van der Waals surface area contributed by atoms with Crippen LogP contribution in [0.15, 0.2) is 72.8 Å². The van der Waals surface area contributed by atoms with Gasteiger partial charge in [-0.05, 0) is 42.2 Å². The molecule has 3 aromatic carbocycles. The summed E-state index contributed by atoms with van der Waals surface area (Å²) in [6, 6.07) is 18.6. The standard InChI is InChI=1S/C32H37ClN4O7S/c1-44-30-17-16-27(37(40)41)20-28(30)36(45(2,42)43)22-31(38)35(21-24-12-9-13-25(33)18-24)29(19-23-10-5-3-6-11-23)32(39)34-26-14-7-4-8-15-26/h3,5-6,9-13,16-18,20,26,29H,4,7-8,14-15,19,21-22H2,1-2H3,(H,34,39)/t29-/m0/s1. The predicted molar refractivity (Wildman–Crippen MR) is 173 cm³/mol. The molecular formula is C32H37ClN4O7S. The normalized spacial score (nSPS) is 14.3. The summed E-state index contributed by atoms with van der Waals surface area (Å²) in [5.74, 6) is -1.01. The first kappa shape index (κ1) is 33.7. The lowest BCUT2D eigenvalue weighted by Crippen LogP contribution is -2.55. The van der Waals surface area contributed by atoms with E-state index in [-0.39, 0.29) is 42.0 Å². The highest BCUT2D eigenvalue weighted by Crippen LogP contribution is 2.34. The molecule has 0 aromatic heterocycles. The van der Waals surface area contributed by atoms with E-state index >= 15 is 0 Å². The summed E-state index contributed by atoms with van der Waals surface area (Å²) in [6.45, 7) is -0.780. The van der Waals surface area contributed by atoms with Crippen LogP contribution in [0.3, 0.4) is 0 Å². The van der Waals surface area contributed by atoms with Crippen molar-refractivity contribution in [2.45, 2.75) is 57.2 Å². The zero-order valence-corrected chi connectivity index (χ0v) is 26.8. The molecule has 1 fully saturated rings. The highest BCUT2D eigenvalue weighted by Gasteiger charge is 2.35. The Balaban J connectivity index is 1.78. The molecule has 1 aliphatic rings. The van der Waals surface area contributed by atoms with Crippen LogP contribution in [-0.4, -0.2) is 62.0 Å². The summed E-state index contributed by atoms with van der Waals surface area (Å²) >= 11 is 6.27. The number of anilines is 1. The SMILES string of the molecule is COc1ccc([N+](=O)[O-])cc1N(CC(=O)N(Cc1cccc(Cl)c1)[C@@H](Cc1ccccc1)C(=O)NC1CCCCC1)S(C)(=O)=O. The van der Waals surface area contributed by atoms with Gasteiger partial charge in [-0.1, -0.05) is 73.3 Å². The van der Waals surface area contributed by atoms with Crippen LogP contribution in [0.1, 0.15) is 43.2 Å². The van der Waals surface area contributed by atoms with Crippen LogP contribution in [-0.2, 0) is 32.6 Å². The van der Waals surface area contributed by atoms with Gasteiger partial charge < -0.3 is 15.0 Å². The average Bonchev–Trinajstić information content (AvgIpc) is 3.01. The van der Waals surface area contributed by atoms with Crippen molar-refractivity contribution in [3.05, 3.63) is 99.1 Å².